The highest BCUT2D eigenvalue weighted by Gasteiger charge is 2.26. The van der Waals surface area contributed by atoms with Crippen LogP contribution in [0.4, 0.5) is 24.5 Å². The molecule has 2 N–H and O–H groups in total. The zero-order chi connectivity index (χ0) is 20.3. The van der Waals surface area contributed by atoms with Crippen molar-refractivity contribution in [1.29, 1.82) is 0 Å². The molecule has 3 rings (SSSR count). The fraction of sp³-hybridized carbons (Fsp3) is 0.300. The number of hydrogen-bond donors (Lipinski definition) is 2. The number of para-hydroxylation sites is 1. The second-order valence-electron chi connectivity index (χ2n) is 6.59. The quantitative estimate of drug-likeness (QED) is 0.771. The molecule has 1 heterocycles. The molecular weight excluding hydrogens is 371 g/mol. The fourth-order valence-corrected chi connectivity index (χ4v) is 3.24. The van der Waals surface area contributed by atoms with Crippen LogP contribution in [-0.2, 0) is 16.0 Å². The zero-order valence-corrected chi connectivity index (χ0v) is 15.3. The molecule has 0 spiro atoms. The summed E-state index contributed by atoms with van der Waals surface area (Å²) >= 11 is 0. The number of carbonyl (C=O) groups is 2. The monoisotopic (exact) mass is 391 g/mol. The summed E-state index contributed by atoms with van der Waals surface area (Å²) in [5, 5.41) is 4.61. The Kier molecular flexibility index (Phi) is 5.87. The summed E-state index contributed by atoms with van der Waals surface area (Å²) in [5.41, 5.74) is 1.67. The van der Waals surface area contributed by atoms with Gasteiger partial charge in [0.25, 0.3) is 0 Å². The van der Waals surface area contributed by atoms with Crippen molar-refractivity contribution in [3.63, 3.8) is 0 Å². The standard InChI is InChI=1S/C20H20F3N3O2/c1-12(26-10-4-6-13-5-2-3-7-16(13)26)20(28)24-11-17(27)25-15-9-8-14(21)18(22)19(15)23/h2-3,5,7-9,12H,4,6,10-11H2,1H3,(H,24,28)(H,25,27)/t12-/m0/s1. The average Bonchev–Trinajstić information content (AvgIpc) is 2.71. The smallest absolute Gasteiger partial charge is 0.243 e. The van der Waals surface area contributed by atoms with E-state index in [9.17, 15) is 22.8 Å². The fourth-order valence-electron chi connectivity index (χ4n) is 3.24. The maximum atomic E-state index is 13.6. The van der Waals surface area contributed by atoms with Crippen molar-refractivity contribution in [3.8, 4) is 0 Å². The summed E-state index contributed by atoms with van der Waals surface area (Å²) in [4.78, 5) is 26.4. The molecule has 2 aromatic rings. The molecule has 0 aromatic heterocycles. The van der Waals surface area contributed by atoms with E-state index in [1.807, 2.05) is 29.2 Å². The van der Waals surface area contributed by atoms with Crippen LogP contribution in [-0.4, -0.2) is 30.9 Å². The maximum absolute atomic E-state index is 13.6. The Morgan fingerprint density at radius 3 is 2.64 bits per heavy atom. The number of fused-ring (bicyclic) bond motifs is 1. The number of nitrogens with zero attached hydrogens (tertiary/aromatic N) is 1. The first-order valence-corrected chi connectivity index (χ1v) is 8.94. The van der Waals surface area contributed by atoms with Crippen molar-refractivity contribution < 1.29 is 22.8 Å². The van der Waals surface area contributed by atoms with Gasteiger partial charge in [-0.2, -0.15) is 0 Å². The average molecular weight is 391 g/mol. The van der Waals surface area contributed by atoms with E-state index in [0.29, 0.717) is 6.07 Å². The SMILES string of the molecule is C[C@@H](C(=O)NCC(=O)Nc1ccc(F)c(F)c1F)N1CCCc2ccccc21. The molecule has 0 saturated carbocycles. The molecule has 0 radical (unpaired) electrons. The second-order valence-corrected chi connectivity index (χ2v) is 6.59. The third kappa shape index (κ3) is 4.11. The van der Waals surface area contributed by atoms with Gasteiger partial charge in [-0.3, -0.25) is 9.59 Å². The molecular formula is C20H20F3N3O2. The zero-order valence-electron chi connectivity index (χ0n) is 15.3. The van der Waals surface area contributed by atoms with Crippen molar-refractivity contribution in [2.75, 3.05) is 23.3 Å². The summed E-state index contributed by atoms with van der Waals surface area (Å²) in [6.07, 6.45) is 1.87. The highest BCUT2D eigenvalue weighted by atomic mass is 19.2. The molecule has 2 amide bonds. The molecule has 1 aliphatic rings. The van der Waals surface area contributed by atoms with Crippen LogP contribution in [0.2, 0.25) is 0 Å². The summed E-state index contributed by atoms with van der Waals surface area (Å²) in [5.74, 6) is -5.61. The lowest BCUT2D eigenvalue weighted by Crippen LogP contribution is -2.48. The molecule has 0 saturated heterocycles. The van der Waals surface area contributed by atoms with Crippen molar-refractivity contribution in [2.24, 2.45) is 0 Å². The van der Waals surface area contributed by atoms with Crippen LogP contribution in [0.25, 0.3) is 0 Å². The molecule has 0 bridgehead atoms. The minimum absolute atomic E-state index is 0.363. The van der Waals surface area contributed by atoms with Crippen LogP contribution in [0, 0.1) is 17.5 Å². The number of halogens is 3. The van der Waals surface area contributed by atoms with Gasteiger partial charge in [-0.05, 0) is 43.5 Å². The predicted octanol–water partition coefficient (Wildman–Crippen LogP) is 3.00. The molecule has 0 aliphatic carbocycles. The second kappa shape index (κ2) is 8.33. The Morgan fingerprint density at radius 1 is 1.11 bits per heavy atom. The molecule has 2 aromatic carbocycles. The third-order valence-electron chi connectivity index (χ3n) is 4.73. The number of rotatable bonds is 5. The van der Waals surface area contributed by atoms with Crippen molar-refractivity contribution >= 4 is 23.2 Å². The Bertz CT molecular complexity index is 904. The van der Waals surface area contributed by atoms with E-state index < -0.39 is 41.6 Å². The van der Waals surface area contributed by atoms with Crippen LogP contribution in [0.15, 0.2) is 36.4 Å². The van der Waals surface area contributed by atoms with Gasteiger partial charge in [-0.25, -0.2) is 13.2 Å². The highest BCUT2D eigenvalue weighted by molar-refractivity contribution is 5.96. The van der Waals surface area contributed by atoms with Crippen molar-refractivity contribution in [2.45, 2.75) is 25.8 Å². The largest absolute Gasteiger partial charge is 0.360 e. The van der Waals surface area contributed by atoms with E-state index in [-0.39, 0.29) is 5.91 Å². The van der Waals surface area contributed by atoms with Gasteiger partial charge in [-0.1, -0.05) is 18.2 Å². The molecule has 1 atom stereocenters. The lowest BCUT2D eigenvalue weighted by Gasteiger charge is -2.35. The van der Waals surface area contributed by atoms with Gasteiger partial charge in [0, 0.05) is 12.2 Å². The van der Waals surface area contributed by atoms with Gasteiger partial charge in [0.2, 0.25) is 11.8 Å². The van der Waals surface area contributed by atoms with Crippen LogP contribution >= 0.6 is 0 Å². The maximum Gasteiger partial charge on any atom is 0.243 e. The molecule has 28 heavy (non-hydrogen) atoms. The summed E-state index contributed by atoms with van der Waals surface area (Å²) in [7, 11) is 0. The Morgan fingerprint density at radius 2 is 1.86 bits per heavy atom. The third-order valence-corrected chi connectivity index (χ3v) is 4.73. The normalized spacial score (nSPS) is 14.2. The predicted molar refractivity (Wildman–Crippen MR) is 99.5 cm³/mol. The minimum Gasteiger partial charge on any atom is -0.360 e. The number of hydrogen-bond acceptors (Lipinski definition) is 3. The molecule has 0 unspecified atom stereocenters. The number of aryl methyl sites for hydroxylation is 1. The van der Waals surface area contributed by atoms with Gasteiger partial charge in [0.1, 0.15) is 6.04 Å². The van der Waals surface area contributed by atoms with E-state index in [4.69, 9.17) is 0 Å². The number of amides is 2. The number of benzene rings is 2. The first-order chi connectivity index (χ1) is 13.4. The summed E-state index contributed by atoms with van der Waals surface area (Å²) < 4.78 is 39.8. The Hall–Kier alpha value is -3.03. The molecule has 0 fully saturated rings. The lowest BCUT2D eigenvalue weighted by molar-refractivity contribution is -0.124. The van der Waals surface area contributed by atoms with Gasteiger partial charge in [0.05, 0.1) is 12.2 Å². The first-order valence-electron chi connectivity index (χ1n) is 8.94. The van der Waals surface area contributed by atoms with Crippen LogP contribution in [0.5, 0.6) is 0 Å². The van der Waals surface area contributed by atoms with Crippen molar-refractivity contribution in [3.05, 3.63) is 59.4 Å². The molecule has 5 nitrogen and oxygen atoms in total. The van der Waals surface area contributed by atoms with Gasteiger partial charge in [0.15, 0.2) is 17.5 Å². The minimum atomic E-state index is -1.67. The Balaban J connectivity index is 1.58. The topological polar surface area (TPSA) is 61.4 Å². The van der Waals surface area contributed by atoms with E-state index in [0.717, 1.165) is 31.1 Å². The van der Waals surface area contributed by atoms with E-state index in [2.05, 4.69) is 10.6 Å². The Labute approximate surface area is 160 Å². The van der Waals surface area contributed by atoms with Gasteiger partial charge in [-0.15, -0.1) is 0 Å². The number of nitrogens with one attached hydrogen (secondary N) is 2. The molecule has 8 heteroatoms. The highest BCUT2D eigenvalue weighted by Crippen LogP contribution is 2.28. The van der Waals surface area contributed by atoms with Crippen molar-refractivity contribution in [1.82, 2.24) is 5.32 Å². The van der Waals surface area contributed by atoms with E-state index >= 15 is 0 Å². The molecule has 148 valence electrons. The molecule has 1 aliphatic heterocycles. The number of carbonyl (C=O) groups excluding carboxylic acids is 2. The van der Waals surface area contributed by atoms with Gasteiger partial charge >= 0.3 is 0 Å². The lowest BCUT2D eigenvalue weighted by atomic mass is 10.00. The van der Waals surface area contributed by atoms with Crippen LogP contribution < -0.4 is 15.5 Å². The summed E-state index contributed by atoms with van der Waals surface area (Å²) in [6.45, 7) is 2.04. The van der Waals surface area contributed by atoms with Gasteiger partial charge < -0.3 is 15.5 Å². The summed E-state index contributed by atoms with van der Waals surface area (Å²) in [6, 6.07) is 8.96. The van der Waals surface area contributed by atoms with Crippen LogP contribution in [0.1, 0.15) is 18.9 Å². The van der Waals surface area contributed by atoms with E-state index in [1.165, 1.54) is 5.56 Å². The number of anilines is 2. The van der Waals surface area contributed by atoms with Crippen LogP contribution in [0.3, 0.4) is 0 Å². The first kappa shape index (κ1) is 19.7. The van der Waals surface area contributed by atoms with E-state index in [1.54, 1.807) is 6.92 Å².